The van der Waals surface area contributed by atoms with Crippen molar-refractivity contribution in [3.63, 3.8) is 0 Å². The van der Waals surface area contributed by atoms with Gasteiger partial charge in [-0.25, -0.2) is 0 Å². The molecule has 0 fully saturated rings. The minimum Gasteiger partial charge on any atom is -0.351 e. The standard InChI is InChI=1S/C21H18F3N3O3S/c1-13-19(17-3-2-8-31-17)20-25-16(9-18(28)27(20)26-13)11-30-12-29-10-14-4-6-15(7-5-14)21(22,23)24/h2-9,25H,10-12H2,1H3. The highest BCUT2D eigenvalue weighted by Crippen LogP contribution is 2.30. The zero-order valence-electron chi connectivity index (χ0n) is 16.4. The number of alkyl halides is 3. The Hall–Kier alpha value is -2.95. The molecule has 31 heavy (non-hydrogen) atoms. The predicted molar refractivity (Wildman–Crippen MR) is 110 cm³/mol. The van der Waals surface area contributed by atoms with Crippen LogP contribution in [-0.2, 0) is 28.9 Å². The van der Waals surface area contributed by atoms with E-state index in [2.05, 4.69) is 10.1 Å². The summed E-state index contributed by atoms with van der Waals surface area (Å²) in [6.45, 7) is 1.98. The summed E-state index contributed by atoms with van der Waals surface area (Å²) < 4.78 is 49.9. The zero-order chi connectivity index (χ0) is 22.0. The van der Waals surface area contributed by atoms with Crippen LogP contribution in [-0.4, -0.2) is 21.4 Å². The molecular formula is C21H18F3N3O3S. The second-order valence-corrected chi connectivity index (χ2v) is 7.79. The third-order valence-electron chi connectivity index (χ3n) is 4.59. The van der Waals surface area contributed by atoms with Crippen LogP contribution in [0.4, 0.5) is 13.2 Å². The van der Waals surface area contributed by atoms with Crippen LogP contribution in [0.5, 0.6) is 0 Å². The first-order valence-electron chi connectivity index (χ1n) is 9.30. The van der Waals surface area contributed by atoms with Crippen molar-refractivity contribution in [2.75, 3.05) is 6.79 Å². The fourth-order valence-electron chi connectivity index (χ4n) is 3.15. The van der Waals surface area contributed by atoms with Crippen LogP contribution in [0.1, 0.15) is 22.5 Å². The number of halogens is 3. The van der Waals surface area contributed by atoms with Gasteiger partial charge in [0.1, 0.15) is 12.4 Å². The molecule has 4 aromatic rings. The van der Waals surface area contributed by atoms with Gasteiger partial charge in [-0.15, -0.1) is 11.3 Å². The highest BCUT2D eigenvalue weighted by molar-refractivity contribution is 7.13. The van der Waals surface area contributed by atoms with Gasteiger partial charge in [-0.05, 0) is 36.1 Å². The van der Waals surface area contributed by atoms with Gasteiger partial charge < -0.3 is 14.5 Å². The van der Waals surface area contributed by atoms with Crippen molar-refractivity contribution in [3.05, 3.63) is 80.7 Å². The molecule has 0 bridgehead atoms. The monoisotopic (exact) mass is 449 g/mol. The molecule has 0 spiro atoms. The summed E-state index contributed by atoms with van der Waals surface area (Å²) >= 11 is 1.56. The molecule has 4 rings (SSSR count). The largest absolute Gasteiger partial charge is 0.416 e. The number of nitrogens with one attached hydrogen (secondary N) is 1. The minimum absolute atomic E-state index is 0.0791. The molecule has 10 heteroatoms. The van der Waals surface area contributed by atoms with Crippen molar-refractivity contribution in [3.8, 4) is 10.4 Å². The van der Waals surface area contributed by atoms with Crippen molar-refractivity contribution in [2.45, 2.75) is 26.3 Å². The van der Waals surface area contributed by atoms with Crippen molar-refractivity contribution < 1.29 is 22.6 Å². The Morgan fingerprint density at radius 2 is 1.87 bits per heavy atom. The van der Waals surface area contributed by atoms with Gasteiger partial charge in [0.2, 0.25) is 0 Å². The second kappa shape index (κ2) is 8.66. The van der Waals surface area contributed by atoms with Gasteiger partial charge in [0.15, 0.2) is 0 Å². The summed E-state index contributed by atoms with van der Waals surface area (Å²) in [5, 5.41) is 6.27. The van der Waals surface area contributed by atoms with Crippen molar-refractivity contribution in [1.82, 2.24) is 14.6 Å². The summed E-state index contributed by atoms with van der Waals surface area (Å²) in [5.74, 6) is 0. The smallest absolute Gasteiger partial charge is 0.351 e. The third-order valence-corrected chi connectivity index (χ3v) is 5.47. The van der Waals surface area contributed by atoms with E-state index in [1.54, 1.807) is 11.3 Å². The quantitative estimate of drug-likeness (QED) is 0.326. The SMILES string of the molecule is Cc1nn2c(=O)cc(COCOCc3ccc(C(F)(F)F)cc3)[nH]c2c1-c1cccs1. The number of aryl methyl sites for hydroxylation is 1. The van der Waals surface area contributed by atoms with E-state index in [-0.39, 0.29) is 25.6 Å². The maximum Gasteiger partial charge on any atom is 0.416 e. The van der Waals surface area contributed by atoms with Gasteiger partial charge in [0, 0.05) is 16.6 Å². The molecule has 1 N–H and O–H groups in total. The highest BCUT2D eigenvalue weighted by atomic mass is 32.1. The first-order chi connectivity index (χ1) is 14.8. The summed E-state index contributed by atoms with van der Waals surface area (Å²) in [6, 6.07) is 10.1. The first-order valence-corrected chi connectivity index (χ1v) is 10.2. The average molecular weight is 449 g/mol. The molecule has 0 aliphatic rings. The topological polar surface area (TPSA) is 68.6 Å². The van der Waals surface area contributed by atoms with Crippen LogP contribution in [0, 0.1) is 6.92 Å². The average Bonchev–Trinajstić information content (AvgIpc) is 3.35. The summed E-state index contributed by atoms with van der Waals surface area (Å²) in [6.07, 6.45) is -4.36. The number of aromatic nitrogens is 3. The summed E-state index contributed by atoms with van der Waals surface area (Å²) in [5.41, 5.74) is 2.39. The van der Waals surface area contributed by atoms with E-state index in [0.717, 1.165) is 28.3 Å². The lowest BCUT2D eigenvalue weighted by Crippen LogP contribution is -2.16. The third kappa shape index (κ3) is 4.71. The van der Waals surface area contributed by atoms with E-state index < -0.39 is 11.7 Å². The molecular weight excluding hydrogens is 431 g/mol. The van der Waals surface area contributed by atoms with E-state index in [1.165, 1.54) is 22.7 Å². The van der Waals surface area contributed by atoms with Crippen LogP contribution in [0.3, 0.4) is 0 Å². The molecule has 0 aliphatic heterocycles. The molecule has 6 nitrogen and oxygen atoms in total. The molecule has 0 atom stereocenters. The number of rotatable bonds is 7. The first kappa shape index (κ1) is 21.3. The van der Waals surface area contributed by atoms with Gasteiger partial charge in [-0.1, -0.05) is 18.2 Å². The molecule has 162 valence electrons. The Balaban J connectivity index is 1.37. The van der Waals surface area contributed by atoms with Gasteiger partial charge in [-0.2, -0.15) is 22.8 Å². The van der Waals surface area contributed by atoms with E-state index in [0.29, 0.717) is 16.9 Å². The predicted octanol–water partition coefficient (Wildman–Crippen LogP) is 4.77. The molecule has 3 aromatic heterocycles. The van der Waals surface area contributed by atoms with E-state index in [1.807, 2.05) is 24.4 Å². The van der Waals surface area contributed by atoms with Gasteiger partial charge in [0.05, 0.1) is 30.0 Å². The lowest BCUT2D eigenvalue weighted by atomic mass is 10.1. The Kier molecular flexibility index (Phi) is 5.94. The number of fused-ring (bicyclic) bond motifs is 1. The second-order valence-electron chi connectivity index (χ2n) is 6.84. The molecule has 3 heterocycles. The molecule has 0 saturated carbocycles. The van der Waals surface area contributed by atoms with Gasteiger partial charge >= 0.3 is 6.18 Å². The number of benzene rings is 1. The van der Waals surface area contributed by atoms with Gasteiger partial charge in [0.25, 0.3) is 5.56 Å². The van der Waals surface area contributed by atoms with Crippen LogP contribution < -0.4 is 5.56 Å². The lowest BCUT2D eigenvalue weighted by molar-refractivity contribution is -0.137. The highest BCUT2D eigenvalue weighted by Gasteiger charge is 2.29. The fourth-order valence-corrected chi connectivity index (χ4v) is 3.98. The number of H-pyrrole nitrogens is 1. The van der Waals surface area contributed by atoms with E-state index in [9.17, 15) is 18.0 Å². The minimum atomic E-state index is -4.36. The maximum absolute atomic E-state index is 12.6. The number of nitrogens with zero attached hydrogens (tertiary/aromatic N) is 2. The molecule has 0 aliphatic carbocycles. The van der Waals surface area contributed by atoms with Crippen LogP contribution in [0.2, 0.25) is 0 Å². The molecule has 0 unspecified atom stereocenters. The molecule has 0 radical (unpaired) electrons. The van der Waals surface area contributed by atoms with Crippen LogP contribution in [0.15, 0.2) is 52.6 Å². The Labute approximate surface area is 178 Å². The zero-order valence-corrected chi connectivity index (χ0v) is 17.2. The van der Waals surface area contributed by atoms with Gasteiger partial charge in [-0.3, -0.25) is 4.79 Å². The number of hydrogen-bond donors (Lipinski definition) is 1. The van der Waals surface area contributed by atoms with Crippen molar-refractivity contribution >= 4 is 17.0 Å². The van der Waals surface area contributed by atoms with Crippen LogP contribution >= 0.6 is 11.3 Å². The fraction of sp³-hybridized carbons (Fsp3) is 0.238. The Bertz CT molecular complexity index is 1230. The normalized spacial score (nSPS) is 12.0. The summed E-state index contributed by atoms with van der Waals surface area (Å²) in [7, 11) is 0. The van der Waals surface area contributed by atoms with E-state index >= 15 is 0 Å². The van der Waals surface area contributed by atoms with Crippen molar-refractivity contribution in [2.24, 2.45) is 0 Å². The number of thiophene rings is 1. The number of aromatic amines is 1. The molecule has 1 aromatic carbocycles. The summed E-state index contributed by atoms with van der Waals surface area (Å²) in [4.78, 5) is 16.6. The Morgan fingerprint density at radius 1 is 1.13 bits per heavy atom. The molecule has 0 amide bonds. The van der Waals surface area contributed by atoms with Crippen LogP contribution in [0.25, 0.3) is 16.1 Å². The number of hydrogen-bond acceptors (Lipinski definition) is 5. The Morgan fingerprint density at radius 3 is 2.55 bits per heavy atom. The van der Waals surface area contributed by atoms with Crippen molar-refractivity contribution in [1.29, 1.82) is 0 Å². The molecule has 0 saturated heterocycles. The maximum atomic E-state index is 12.6. The van der Waals surface area contributed by atoms with E-state index in [4.69, 9.17) is 9.47 Å². The number of ether oxygens (including phenoxy) is 2. The lowest BCUT2D eigenvalue weighted by Gasteiger charge is -2.09.